The van der Waals surface area contributed by atoms with Gasteiger partial charge in [-0.1, -0.05) is 103 Å². The number of para-hydroxylation sites is 1. The Morgan fingerprint density at radius 3 is 2.02 bits per heavy atom. The maximum absolute atomic E-state index is 6.72. The minimum absolute atomic E-state index is 0.647. The smallest absolute Gasteiger partial charge is 0.161 e. The molecule has 0 aliphatic heterocycles. The van der Waals surface area contributed by atoms with Gasteiger partial charge in [0.2, 0.25) is 0 Å². The van der Waals surface area contributed by atoms with Gasteiger partial charge in [0.1, 0.15) is 11.2 Å². The topological polar surface area (TPSA) is 51.8 Å². The van der Waals surface area contributed by atoms with Crippen molar-refractivity contribution in [3.05, 3.63) is 164 Å². The van der Waals surface area contributed by atoms with Gasteiger partial charge in [-0.3, -0.25) is 4.98 Å². The van der Waals surface area contributed by atoms with E-state index in [1.807, 2.05) is 66.2 Å². The molecule has 0 N–H and O–H groups in total. The standard InChI is InChI=1S/C45H27N3OS/c1-2-10-29(11-3-1)38-27-39(33-13-5-4-12-31(33)28-22-24-46-25-23-28)48-45(47-38)37-21-20-32(44-43(37)36-15-6-8-16-40(36)49-44)30-18-19-35-34-14-7-9-17-41(34)50-42(35)26-30/h1-27H. The number of hydrogen-bond donors (Lipinski definition) is 0. The molecule has 10 aromatic rings. The van der Waals surface area contributed by atoms with Crippen molar-refractivity contribution in [2.24, 2.45) is 0 Å². The summed E-state index contributed by atoms with van der Waals surface area (Å²) in [4.78, 5) is 14.8. The summed E-state index contributed by atoms with van der Waals surface area (Å²) in [7, 11) is 0. The first-order valence-corrected chi connectivity index (χ1v) is 17.4. The molecule has 5 heteroatoms. The van der Waals surface area contributed by atoms with E-state index >= 15 is 0 Å². The van der Waals surface area contributed by atoms with Gasteiger partial charge in [0.25, 0.3) is 0 Å². The summed E-state index contributed by atoms with van der Waals surface area (Å²) in [5.74, 6) is 0.647. The predicted octanol–water partition coefficient (Wildman–Crippen LogP) is 12.5. The van der Waals surface area contributed by atoms with Crippen molar-refractivity contribution in [3.8, 4) is 56.2 Å². The van der Waals surface area contributed by atoms with Crippen molar-refractivity contribution >= 4 is 53.4 Å². The normalized spacial score (nSPS) is 11.6. The number of nitrogens with zero attached hydrogens (tertiary/aromatic N) is 3. The van der Waals surface area contributed by atoms with Crippen molar-refractivity contribution in [2.45, 2.75) is 0 Å². The molecule has 0 saturated heterocycles. The minimum atomic E-state index is 0.647. The fraction of sp³-hybridized carbons (Fsp3) is 0. The van der Waals surface area contributed by atoms with Crippen LogP contribution in [0, 0.1) is 0 Å². The molecule has 0 unspecified atom stereocenters. The maximum atomic E-state index is 6.72. The van der Waals surface area contributed by atoms with Crippen LogP contribution in [0.4, 0.5) is 0 Å². The molecule has 10 rings (SSSR count). The molecule has 0 atom stereocenters. The van der Waals surface area contributed by atoms with E-state index in [0.29, 0.717) is 5.82 Å². The number of fused-ring (bicyclic) bond motifs is 6. The van der Waals surface area contributed by atoms with Crippen molar-refractivity contribution < 1.29 is 4.42 Å². The first-order valence-electron chi connectivity index (χ1n) is 16.6. The van der Waals surface area contributed by atoms with Crippen LogP contribution in [0.5, 0.6) is 0 Å². The average Bonchev–Trinajstić information content (AvgIpc) is 3.77. The molecule has 234 valence electrons. The fourth-order valence-corrected chi connectivity index (χ4v) is 8.23. The van der Waals surface area contributed by atoms with Crippen molar-refractivity contribution in [3.63, 3.8) is 0 Å². The molecule has 0 aliphatic rings. The van der Waals surface area contributed by atoms with Gasteiger partial charge in [-0.05, 0) is 65.2 Å². The molecule has 0 aliphatic carbocycles. The van der Waals surface area contributed by atoms with Crippen LogP contribution in [-0.4, -0.2) is 15.0 Å². The van der Waals surface area contributed by atoms with E-state index < -0.39 is 0 Å². The first-order chi connectivity index (χ1) is 24.8. The summed E-state index contributed by atoms with van der Waals surface area (Å²) in [5.41, 5.74) is 10.7. The highest BCUT2D eigenvalue weighted by Crippen LogP contribution is 2.44. The lowest BCUT2D eigenvalue weighted by Crippen LogP contribution is -1.97. The number of pyridine rings is 1. The second-order valence-electron chi connectivity index (χ2n) is 12.4. The number of thiophene rings is 1. The summed E-state index contributed by atoms with van der Waals surface area (Å²) in [6.45, 7) is 0. The minimum Gasteiger partial charge on any atom is -0.455 e. The van der Waals surface area contributed by atoms with Gasteiger partial charge >= 0.3 is 0 Å². The molecule has 50 heavy (non-hydrogen) atoms. The number of rotatable bonds is 5. The second kappa shape index (κ2) is 11.6. The van der Waals surface area contributed by atoms with Crippen LogP contribution in [0.15, 0.2) is 168 Å². The van der Waals surface area contributed by atoms with E-state index in [-0.39, 0.29) is 0 Å². The summed E-state index contributed by atoms with van der Waals surface area (Å²) in [6.07, 6.45) is 3.65. The quantitative estimate of drug-likeness (QED) is 0.185. The summed E-state index contributed by atoms with van der Waals surface area (Å²) in [6, 6.07) is 52.8. The summed E-state index contributed by atoms with van der Waals surface area (Å²) >= 11 is 1.83. The number of furan rings is 1. The Bertz CT molecular complexity index is 2870. The van der Waals surface area contributed by atoms with Crippen LogP contribution < -0.4 is 0 Å². The predicted molar refractivity (Wildman–Crippen MR) is 207 cm³/mol. The Hall–Kier alpha value is -6.43. The lowest BCUT2D eigenvalue weighted by Gasteiger charge is -2.14. The summed E-state index contributed by atoms with van der Waals surface area (Å²) < 4.78 is 9.27. The molecule has 0 saturated carbocycles. The molecule has 4 heterocycles. The Morgan fingerprint density at radius 2 is 1.14 bits per heavy atom. The molecule has 6 aromatic carbocycles. The van der Waals surface area contributed by atoms with E-state index in [1.165, 1.54) is 20.2 Å². The lowest BCUT2D eigenvalue weighted by molar-refractivity contribution is 0.670. The number of aromatic nitrogens is 3. The van der Waals surface area contributed by atoms with Gasteiger partial charge in [0.05, 0.1) is 11.4 Å². The third kappa shape index (κ3) is 4.71. The van der Waals surface area contributed by atoms with Gasteiger partial charge in [-0.25, -0.2) is 9.97 Å². The van der Waals surface area contributed by atoms with Crippen molar-refractivity contribution in [1.82, 2.24) is 15.0 Å². The Morgan fingerprint density at radius 1 is 0.440 bits per heavy atom. The van der Waals surface area contributed by atoms with E-state index in [4.69, 9.17) is 14.4 Å². The van der Waals surface area contributed by atoms with Crippen molar-refractivity contribution in [1.29, 1.82) is 0 Å². The van der Waals surface area contributed by atoms with Crippen LogP contribution in [0.3, 0.4) is 0 Å². The molecule has 4 nitrogen and oxygen atoms in total. The van der Waals surface area contributed by atoms with Crippen LogP contribution in [0.2, 0.25) is 0 Å². The van der Waals surface area contributed by atoms with Crippen molar-refractivity contribution in [2.75, 3.05) is 0 Å². The number of hydrogen-bond acceptors (Lipinski definition) is 5. The van der Waals surface area contributed by atoms with E-state index in [2.05, 4.69) is 114 Å². The SMILES string of the molecule is c1ccc(-c2cc(-c3ccccc3-c3ccncc3)nc(-c3ccc(-c4ccc5c(c4)sc4ccccc45)c4oc5ccccc5c34)n2)cc1. The molecule has 0 radical (unpaired) electrons. The zero-order valence-electron chi connectivity index (χ0n) is 26.7. The Kier molecular flexibility index (Phi) is 6.64. The average molecular weight is 658 g/mol. The molecule has 0 fully saturated rings. The van der Waals surface area contributed by atoms with Gasteiger partial charge in [0.15, 0.2) is 5.82 Å². The highest BCUT2D eigenvalue weighted by molar-refractivity contribution is 7.25. The second-order valence-corrected chi connectivity index (χ2v) is 13.5. The van der Waals surface area contributed by atoms with Gasteiger partial charge in [0, 0.05) is 65.6 Å². The molecular formula is C45H27N3OS. The van der Waals surface area contributed by atoms with Crippen LogP contribution >= 0.6 is 11.3 Å². The molecule has 0 bridgehead atoms. The zero-order valence-corrected chi connectivity index (χ0v) is 27.6. The Labute approximate surface area is 292 Å². The molecule has 0 spiro atoms. The monoisotopic (exact) mass is 657 g/mol. The third-order valence-electron chi connectivity index (χ3n) is 9.45. The van der Waals surface area contributed by atoms with Crippen LogP contribution in [-0.2, 0) is 0 Å². The first kappa shape index (κ1) is 28.6. The highest BCUT2D eigenvalue weighted by Gasteiger charge is 2.21. The van der Waals surface area contributed by atoms with Gasteiger partial charge < -0.3 is 4.42 Å². The van der Waals surface area contributed by atoms with Gasteiger partial charge in [-0.15, -0.1) is 11.3 Å². The maximum Gasteiger partial charge on any atom is 0.161 e. The molecular weight excluding hydrogens is 631 g/mol. The van der Waals surface area contributed by atoms with E-state index in [0.717, 1.165) is 72.3 Å². The third-order valence-corrected chi connectivity index (χ3v) is 10.6. The largest absolute Gasteiger partial charge is 0.455 e. The fourth-order valence-electron chi connectivity index (χ4n) is 7.09. The van der Waals surface area contributed by atoms with E-state index in [9.17, 15) is 0 Å². The summed E-state index contributed by atoms with van der Waals surface area (Å²) in [5, 5.41) is 4.61. The van der Waals surface area contributed by atoms with Crippen LogP contribution in [0.1, 0.15) is 0 Å². The zero-order chi connectivity index (χ0) is 33.0. The Balaban J connectivity index is 1.22. The highest BCUT2D eigenvalue weighted by atomic mass is 32.1. The van der Waals surface area contributed by atoms with Crippen LogP contribution in [0.25, 0.3) is 98.3 Å². The molecule has 4 aromatic heterocycles. The van der Waals surface area contributed by atoms with Gasteiger partial charge in [-0.2, -0.15) is 0 Å². The number of benzene rings is 6. The van der Waals surface area contributed by atoms with E-state index in [1.54, 1.807) is 0 Å². The lowest BCUT2D eigenvalue weighted by atomic mass is 9.96. The molecule has 0 amide bonds.